The Kier molecular flexibility index (Phi) is 6.86. The van der Waals surface area contributed by atoms with E-state index in [4.69, 9.17) is 0 Å². The van der Waals surface area contributed by atoms with Gasteiger partial charge in [0.2, 0.25) is 0 Å². The van der Waals surface area contributed by atoms with Crippen molar-refractivity contribution in [3.63, 3.8) is 0 Å². The maximum absolute atomic E-state index is 13.7. The average molecular weight is 293 g/mol. The Morgan fingerprint density at radius 1 is 1.19 bits per heavy atom. The van der Waals surface area contributed by atoms with Gasteiger partial charge in [0.15, 0.2) is 0 Å². The van der Waals surface area contributed by atoms with Gasteiger partial charge in [0, 0.05) is 6.04 Å². The molecule has 21 heavy (non-hydrogen) atoms. The van der Waals surface area contributed by atoms with Crippen LogP contribution in [0, 0.1) is 24.1 Å². The van der Waals surface area contributed by atoms with Gasteiger partial charge in [-0.25, -0.2) is 4.39 Å². The van der Waals surface area contributed by atoms with Crippen LogP contribution in [0.15, 0.2) is 18.2 Å². The van der Waals surface area contributed by atoms with Crippen molar-refractivity contribution in [2.24, 2.45) is 11.3 Å². The number of hydrogen-bond acceptors (Lipinski definition) is 1. The van der Waals surface area contributed by atoms with E-state index < -0.39 is 0 Å². The fourth-order valence-electron chi connectivity index (χ4n) is 3.15. The SMILES string of the molecule is CCCNC(CC(C)CC(C)(C)C)c1cc(C)cc(F)c1. The minimum absolute atomic E-state index is 0.128. The van der Waals surface area contributed by atoms with Crippen molar-refractivity contribution in [2.75, 3.05) is 6.54 Å². The third kappa shape index (κ3) is 7.08. The number of aryl methyl sites for hydroxylation is 1. The summed E-state index contributed by atoms with van der Waals surface area (Å²) in [7, 11) is 0. The second-order valence-electron chi connectivity index (χ2n) is 7.67. The molecule has 1 aromatic carbocycles. The van der Waals surface area contributed by atoms with Crippen LogP contribution in [-0.2, 0) is 0 Å². The Morgan fingerprint density at radius 2 is 1.86 bits per heavy atom. The van der Waals surface area contributed by atoms with E-state index in [1.165, 1.54) is 6.42 Å². The van der Waals surface area contributed by atoms with E-state index in [1.807, 2.05) is 6.92 Å². The zero-order chi connectivity index (χ0) is 16.0. The van der Waals surface area contributed by atoms with E-state index in [-0.39, 0.29) is 11.9 Å². The van der Waals surface area contributed by atoms with Crippen LogP contribution in [0.4, 0.5) is 4.39 Å². The molecule has 0 amide bonds. The molecule has 0 radical (unpaired) electrons. The molecule has 1 nitrogen and oxygen atoms in total. The highest BCUT2D eigenvalue weighted by atomic mass is 19.1. The van der Waals surface area contributed by atoms with E-state index in [1.54, 1.807) is 12.1 Å². The maximum Gasteiger partial charge on any atom is 0.123 e. The van der Waals surface area contributed by atoms with Crippen LogP contribution in [0.5, 0.6) is 0 Å². The third-order valence-electron chi connectivity index (χ3n) is 3.71. The van der Waals surface area contributed by atoms with Crippen LogP contribution in [-0.4, -0.2) is 6.54 Å². The van der Waals surface area contributed by atoms with Crippen LogP contribution in [0.25, 0.3) is 0 Å². The van der Waals surface area contributed by atoms with Crippen LogP contribution < -0.4 is 5.32 Å². The molecule has 0 spiro atoms. The van der Waals surface area contributed by atoms with Crippen molar-refractivity contribution < 1.29 is 4.39 Å². The van der Waals surface area contributed by atoms with Gasteiger partial charge >= 0.3 is 0 Å². The minimum Gasteiger partial charge on any atom is -0.310 e. The molecule has 1 rings (SSSR count). The lowest BCUT2D eigenvalue weighted by Crippen LogP contribution is -2.25. The molecule has 120 valence electrons. The van der Waals surface area contributed by atoms with Crippen molar-refractivity contribution in [3.05, 3.63) is 35.1 Å². The number of nitrogens with one attached hydrogen (secondary N) is 1. The molecule has 0 aliphatic carbocycles. The smallest absolute Gasteiger partial charge is 0.123 e. The lowest BCUT2D eigenvalue weighted by atomic mass is 9.82. The van der Waals surface area contributed by atoms with Gasteiger partial charge in [-0.05, 0) is 67.3 Å². The highest BCUT2D eigenvalue weighted by molar-refractivity contribution is 5.26. The summed E-state index contributed by atoms with van der Waals surface area (Å²) in [5.41, 5.74) is 2.42. The first kappa shape index (κ1) is 18.2. The average Bonchev–Trinajstić information content (AvgIpc) is 2.30. The van der Waals surface area contributed by atoms with Crippen LogP contribution >= 0.6 is 0 Å². The highest BCUT2D eigenvalue weighted by Gasteiger charge is 2.20. The Balaban J connectivity index is 2.84. The molecule has 1 N–H and O–H groups in total. The summed E-state index contributed by atoms with van der Waals surface area (Å²) in [6.45, 7) is 14.3. The quantitative estimate of drug-likeness (QED) is 0.686. The molecule has 2 unspecified atom stereocenters. The molecule has 0 fully saturated rings. The number of rotatable bonds is 7. The van der Waals surface area contributed by atoms with Gasteiger partial charge in [-0.15, -0.1) is 0 Å². The molecule has 2 atom stereocenters. The number of halogens is 1. The Morgan fingerprint density at radius 3 is 2.38 bits per heavy atom. The lowest BCUT2D eigenvalue weighted by molar-refractivity contribution is 0.275. The van der Waals surface area contributed by atoms with E-state index in [9.17, 15) is 4.39 Å². The maximum atomic E-state index is 13.7. The van der Waals surface area contributed by atoms with Crippen molar-refractivity contribution in [1.29, 1.82) is 0 Å². The largest absolute Gasteiger partial charge is 0.310 e. The summed E-state index contributed by atoms with van der Waals surface area (Å²) in [6, 6.07) is 5.64. The fourth-order valence-corrected chi connectivity index (χ4v) is 3.15. The molecular weight excluding hydrogens is 261 g/mol. The van der Waals surface area contributed by atoms with E-state index in [0.29, 0.717) is 11.3 Å². The third-order valence-corrected chi connectivity index (χ3v) is 3.71. The summed E-state index contributed by atoms with van der Waals surface area (Å²) < 4.78 is 13.7. The topological polar surface area (TPSA) is 12.0 Å². The first-order chi connectivity index (χ1) is 9.71. The molecule has 2 heteroatoms. The summed E-state index contributed by atoms with van der Waals surface area (Å²) >= 11 is 0. The summed E-state index contributed by atoms with van der Waals surface area (Å²) in [5, 5.41) is 3.59. The fraction of sp³-hybridized carbons (Fsp3) is 0.684. The zero-order valence-electron chi connectivity index (χ0n) is 14.6. The minimum atomic E-state index is -0.128. The zero-order valence-corrected chi connectivity index (χ0v) is 14.6. The highest BCUT2D eigenvalue weighted by Crippen LogP contribution is 2.31. The number of hydrogen-bond donors (Lipinski definition) is 1. The standard InChI is InChI=1S/C19H32FN/c1-7-8-21-18(11-15(3)13-19(4,5)6)16-9-14(2)10-17(20)12-16/h9-10,12,15,18,21H,7-8,11,13H2,1-6H3. The second kappa shape index (κ2) is 7.93. The molecule has 0 bridgehead atoms. The first-order valence-corrected chi connectivity index (χ1v) is 8.21. The Bertz CT molecular complexity index is 413. The van der Waals surface area contributed by atoms with Crippen LogP contribution in [0.1, 0.15) is 71.0 Å². The second-order valence-corrected chi connectivity index (χ2v) is 7.67. The molecule has 0 heterocycles. The van der Waals surface area contributed by atoms with Gasteiger partial charge in [-0.3, -0.25) is 0 Å². The monoisotopic (exact) mass is 293 g/mol. The molecule has 0 aliphatic heterocycles. The molecule has 0 aliphatic rings. The van der Waals surface area contributed by atoms with E-state index in [2.05, 4.69) is 46.0 Å². The van der Waals surface area contributed by atoms with Gasteiger partial charge in [0.1, 0.15) is 5.82 Å². The van der Waals surface area contributed by atoms with Crippen molar-refractivity contribution in [1.82, 2.24) is 5.32 Å². The van der Waals surface area contributed by atoms with Crippen LogP contribution in [0.2, 0.25) is 0 Å². The first-order valence-electron chi connectivity index (χ1n) is 8.21. The van der Waals surface area contributed by atoms with Gasteiger partial charge < -0.3 is 5.32 Å². The normalized spacial score (nSPS) is 15.0. The summed E-state index contributed by atoms with van der Waals surface area (Å²) in [4.78, 5) is 0. The van der Waals surface area contributed by atoms with Crippen LogP contribution in [0.3, 0.4) is 0 Å². The molecular formula is C19H32FN. The molecule has 0 saturated carbocycles. The molecule has 0 aromatic heterocycles. The van der Waals surface area contributed by atoms with Gasteiger partial charge in [0.05, 0.1) is 0 Å². The summed E-state index contributed by atoms with van der Waals surface area (Å²) in [5.74, 6) is 0.486. The summed E-state index contributed by atoms with van der Waals surface area (Å²) in [6.07, 6.45) is 3.34. The van der Waals surface area contributed by atoms with Crippen molar-refractivity contribution in [3.8, 4) is 0 Å². The lowest BCUT2D eigenvalue weighted by Gasteiger charge is -2.28. The van der Waals surface area contributed by atoms with E-state index >= 15 is 0 Å². The Labute approximate surface area is 130 Å². The van der Waals surface area contributed by atoms with Gasteiger partial charge in [0.25, 0.3) is 0 Å². The van der Waals surface area contributed by atoms with Gasteiger partial charge in [-0.2, -0.15) is 0 Å². The van der Waals surface area contributed by atoms with Gasteiger partial charge in [-0.1, -0.05) is 40.7 Å². The predicted octanol–water partition coefficient (Wildman–Crippen LogP) is 5.64. The number of benzene rings is 1. The van der Waals surface area contributed by atoms with Crippen molar-refractivity contribution in [2.45, 2.75) is 66.8 Å². The molecule has 0 saturated heterocycles. The molecule has 1 aromatic rings. The van der Waals surface area contributed by atoms with Crippen molar-refractivity contribution >= 4 is 0 Å². The predicted molar refractivity (Wildman–Crippen MR) is 90.0 cm³/mol. The van der Waals surface area contributed by atoms with E-state index in [0.717, 1.165) is 30.5 Å². The Hall–Kier alpha value is -0.890.